The van der Waals surface area contributed by atoms with Gasteiger partial charge in [-0.1, -0.05) is 0 Å². The van der Waals surface area contributed by atoms with E-state index >= 15 is 0 Å². The smallest absolute Gasteiger partial charge is 0.257 e. The average molecular weight is 306 g/mol. The van der Waals surface area contributed by atoms with Crippen LogP contribution < -0.4 is 5.32 Å². The molecular formula is C16H26N4O2. The molecule has 2 fully saturated rings. The van der Waals surface area contributed by atoms with Gasteiger partial charge in [0.1, 0.15) is 0 Å². The van der Waals surface area contributed by atoms with Gasteiger partial charge in [-0.25, -0.2) is 0 Å². The minimum Gasteiger partial charge on any atom is -0.384 e. The van der Waals surface area contributed by atoms with Gasteiger partial charge >= 0.3 is 0 Å². The molecule has 3 heterocycles. The summed E-state index contributed by atoms with van der Waals surface area (Å²) in [5.41, 5.74) is 0.918. The topological polar surface area (TPSA) is 59.4 Å². The molecule has 3 rings (SSSR count). The van der Waals surface area contributed by atoms with Crippen molar-refractivity contribution in [3.8, 4) is 0 Å². The normalized spacial score (nSPS) is 24.1. The first-order valence-corrected chi connectivity index (χ1v) is 8.20. The van der Waals surface area contributed by atoms with Crippen molar-refractivity contribution in [2.45, 2.75) is 26.3 Å². The fourth-order valence-electron chi connectivity index (χ4n) is 3.94. The molecule has 1 aromatic heterocycles. The third-order valence-electron chi connectivity index (χ3n) is 5.27. The summed E-state index contributed by atoms with van der Waals surface area (Å²) < 4.78 is 7.24. The number of likely N-dealkylation sites (tertiary alicyclic amines) is 1. The van der Waals surface area contributed by atoms with E-state index in [9.17, 15) is 4.79 Å². The molecule has 0 saturated carbocycles. The number of methoxy groups -OCH3 is 1. The van der Waals surface area contributed by atoms with Crippen LogP contribution in [0.3, 0.4) is 0 Å². The number of carbonyl (C=O) groups is 1. The average Bonchev–Trinajstić information content (AvgIpc) is 3.14. The lowest BCUT2D eigenvalue weighted by molar-refractivity contribution is 0.0701. The van der Waals surface area contributed by atoms with Gasteiger partial charge < -0.3 is 15.0 Å². The molecule has 1 unspecified atom stereocenters. The maximum Gasteiger partial charge on any atom is 0.257 e. The Labute approximate surface area is 131 Å². The zero-order valence-corrected chi connectivity index (χ0v) is 13.5. The number of aryl methyl sites for hydroxylation is 1. The SMILES string of the molecule is CCn1cc(C(=O)N2CC(COC)C3(CCNCC3)C2)cn1. The summed E-state index contributed by atoms with van der Waals surface area (Å²) in [7, 11) is 1.75. The first kappa shape index (κ1) is 15.5. The van der Waals surface area contributed by atoms with Gasteiger partial charge in [0, 0.05) is 38.9 Å². The van der Waals surface area contributed by atoms with Crippen molar-refractivity contribution < 1.29 is 9.53 Å². The standard InChI is InChI=1S/C16H26N4O2/c1-3-20-9-13(8-18-20)15(21)19-10-14(11-22-2)16(12-19)4-6-17-7-5-16/h8-9,14,17H,3-7,10-12H2,1-2H3. The van der Waals surface area contributed by atoms with Crippen LogP contribution in [0.4, 0.5) is 0 Å². The second-order valence-electron chi connectivity index (χ2n) is 6.54. The van der Waals surface area contributed by atoms with Gasteiger partial charge in [0.05, 0.1) is 18.4 Å². The molecule has 6 heteroatoms. The minimum atomic E-state index is 0.108. The Balaban J connectivity index is 1.76. The van der Waals surface area contributed by atoms with Crippen molar-refractivity contribution in [3.05, 3.63) is 18.0 Å². The summed E-state index contributed by atoms with van der Waals surface area (Å²) in [6.45, 7) is 7.26. The summed E-state index contributed by atoms with van der Waals surface area (Å²) in [4.78, 5) is 14.8. The van der Waals surface area contributed by atoms with Gasteiger partial charge in [0.15, 0.2) is 0 Å². The highest BCUT2D eigenvalue weighted by atomic mass is 16.5. The fraction of sp³-hybridized carbons (Fsp3) is 0.750. The lowest BCUT2D eigenvalue weighted by Crippen LogP contribution is -2.43. The largest absolute Gasteiger partial charge is 0.384 e. The van der Waals surface area contributed by atoms with Crippen molar-refractivity contribution in [2.75, 3.05) is 39.9 Å². The number of ether oxygens (including phenoxy) is 1. The maximum atomic E-state index is 12.8. The van der Waals surface area contributed by atoms with E-state index in [-0.39, 0.29) is 11.3 Å². The van der Waals surface area contributed by atoms with Gasteiger partial charge in [0.2, 0.25) is 0 Å². The highest BCUT2D eigenvalue weighted by Crippen LogP contribution is 2.43. The molecule has 0 radical (unpaired) electrons. The Morgan fingerprint density at radius 1 is 1.50 bits per heavy atom. The van der Waals surface area contributed by atoms with Crippen molar-refractivity contribution in [2.24, 2.45) is 11.3 Å². The molecule has 1 atom stereocenters. The molecule has 0 aliphatic carbocycles. The summed E-state index contributed by atoms with van der Waals surface area (Å²) in [5, 5.41) is 7.65. The quantitative estimate of drug-likeness (QED) is 0.901. The van der Waals surface area contributed by atoms with E-state index in [1.54, 1.807) is 18.0 Å². The Morgan fingerprint density at radius 2 is 2.27 bits per heavy atom. The molecule has 1 N–H and O–H groups in total. The number of nitrogens with one attached hydrogen (secondary N) is 1. The molecule has 2 aliphatic heterocycles. The van der Waals surface area contributed by atoms with E-state index in [2.05, 4.69) is 10.4 Å². The zero-order valence-electron chi connectivity index (χ0n) is 13.5. The van der Waals surface area contributed by atoms with Crippen LogP contribution >= 0.6 is 0 Å². The minimum absolute atomic E-state index is 0.108. The monoisotopic (exact) mass is 306 g/mol. The third-order valence-corrected chi connectivity index (χ3v) is 5.27. The van der Waals surface area contributed by atoms with Crippen LogP contribution in [0, 0.1) is 11.3 Å². The number of aromatic nitrogens is 2. The molecule has 6 nitrogen and oxygen atoms in total. The molecule has 1 spiro atoms. The predicted molar refractivity (Wildman–Crippen MR) is 83.7 cm³/mol. The molecule has 1 amide bonds. The van der Waals surface area contributed by atoms with E-state index in [4.69, 9.17) is 4.74 Å². The van der Waals surface area contributed by atoms with Crippen molar-refractivity contribution in [1.82, 2.24) is 20.0 Å². The first-order chi connectivity index (χ1) is 10.7. The van der Waals surface area contributed by atoms with Gasteiger partial charge in [-0.3, -0.25) is 9.48 Å². The lowest BCUT2D eigenvalue weighted by Gasteiger charge is -2.38. The summed E-state index contributed by atoms with van der Waals surface area (Å²) in [6.07, 6.45) is 5.78. The van der Waals surface area contributed by atoms with Crippen LogP contribution in [-0.4, -0.2) is 60.5 Å². The van der Waals surface area contributed by atoms with Crippen LogP contribution in [0.15, 0.2) is 12.4 Å². The van der Waals surface area contributed by atoms with Crippen molar-refractivity contribution in [1.29, 1.82) is 0 Å². The molecule has 1 aromatic rings. The summed E-state index contributed by atoms with van der Waals surface area (Å²) in [6, 6.07) is 0. The third kappa shape index (κ3) is 2.77. The molecular weight excluding hydrogens is 280 g/mol. The number of amides is 1. The first-order valence-electron chi connectivity index (χ1n) is 8.20. The second-order valence-corrected chi connectivity index (χ2v) is 6.54. The summed E-state index contributed by atoms with van der Waals surface area (Å²) >= 11 is 0. The highest BCUT2D eigenvalue weighted by Gasteiger charge is 2.48. The molecule has 22 heavy (non-hydrogen) atoms. The highest BCUT2D eigenvalue weighted by molar-refractivity contribution is 5.94. The van der Waals surface area contributed by atoms with E-state index in [0.29, 0.717) is 11.5 Å². The lowest BCUT2D eigenvalue weighted by atomic mass is 9.71. The van der Waals surface area contributed by atoms with E-state index < -0.39 is 0 Å². The Kier molecular flexibility index (Phi) is 4.49. The van der Waals surface area contributed by atoms with Crippen LogP contribution in [0.2, 0.25) is 0 Å². The molecule has 0 bridgehead atoms. The van der Waals surface area contributed by atoms with E-state index in [1.165, 1.54) is 0 Å². The maximum absolute atomic E-state index is 12.8. The summed E-state index contributed by atoms with van der Waals surface area (Å²) in [5.74, 6) is 0.543. The van der Waals surface area contributed by atoms with Crippen LogP contribution in [0.1, 0.15) is 30.1 Å². The van der Waals surface area contributed by atoms with Crippen LogP contribution in [-0.2, 0) is 11.3 Å². The molecule has 2 aliphatic rings. The van der Waals surface area contributed by atoms with Gasteiger partial charge in [-0.05, 0) is 38.3 Å². The zero-order chi connectivity index (χ0) is 15.6. The Hall–Kier alpha value is -1.40. The van der Waals surface area contributed by atoms with Gasteiger partial charge in [-0.15, -0.1) is 0 Å². The van der Waals surface area contributed by atoms with Gasteiger partial charge in [0.25, 0.3) is 5.91 Å². The Bertz CT molecular complexity index is 522. The Morgan fingerprint density at radius 3 is 2.91 bits per heavy atom. The number of rotatable bonds is 4. The number of hydrogen-bond acceptors (Lipinski definition) is 4. The number of nitrogens with zero attached hydrogens (tertiary/aromatic N) is 3. The number of hydrogen-bond donors (Lipinski definition) is 1. The van der Waals surface area contributed by atoms with Gasteiger partial charge in [-0.2, -0.15) is 5.10 Å². The second kappa shape index (κ2) is 6.38. The fourth-order valence-corrected chi connectivity index (χ4v) is 3.94. The van der Waals surface area contributed by atoms with Crippen molar-refractivity contribution in [3.63, 3.8) is 0 Å². The number of carbonyl (C=O) groups excluding carboxylic acids is 1. The molecule has 2 saturated heterocycles. The number of piperidine rings is 1. The molecule has 0 aromatic carbocycles. The van der Waals surface area contributed by atoms with Crippen LogP contribution in [0.25, 0.3) is 0 Å². The predicted octanol–water partition coefficient (Wildman–Crippen LogP) is 0.991. The van der Waals surface area contributed by atoms with E-state index in [1.807, 2.05) is 18.0 Å². The van der Waals surface area contributed by atoms with E-state index in [0.717, 1.165) is 52.2 Å². The van der Waals surface area contributed by atoms with Crippen molar-refractivity contribution >= 4 is 5.91 Å². The molecule has 122 valence electrons. The van der Waals surface area contributed by atoms with Crippen LogP contribution in [0.5, 0.6) is 0 Å².